The lowest BCUT2D eigenvalue weighted by Crippen LogP contribution is -2.41. The van der Waals surface area contributed by atoms with Crippen LogP contribution in [-0.4, -0.2) is 61.8 Å². The first-order valence-corrected chi connectivity index (χ1v) is 10.9. The molecule has 1 aliphatic heterocycles. The van der Waals surface area contributed by atoms with Gasteiger partial charge in [0.1, 0.15) is 10.7 Å². The molecule has 2 aromatic rings. The van der Waals surface area contributed by atoms with E-state index < -0.39 is 0 Å². The van der Waals surface area contributed by atoms with Crippen LogP contribution in [0.25, 0.3) is 0 Å². The van der Waals surface area contributed by atoms with Crippen molar-refractivity contribution in [1.82, 2.24) is 15.5 Å². The van der Waals surface area contributed by atoms with Crippen molar-refractivity contribution >= 4 is 29.1 Å². The average molecular weight is 454 g/mol. The number of hydrogen-bond acceptors (Lipinski definition) is 6. The van der Waals surface area contributed by atoms with E-state index in [2.05, 4.69) is 15.5 Å². The van der Waals surface area contributed by atoms with Gasteiger partial charge in [-0.15, -0.1) is 0 Å². The molecular weight excluding hydrogens is 430 g/mol. The first-order chi connectivity index (χ1) is 15.5. The van der Waals surface area contributed by atoms with E-state index in [0.29, 0.717) is 29.8 Å². The van der Waals surface area contributed by atoms with E-state index in [4.69, 9.17) is 16.3 Å². The number of fused-ring (bicyclic) bond motifs is 1. The molecule has 0 saturated carbocycles. The predicted molar refractivity (Wildman–Crippen MR) is 121 cm³/mol. The van der Waals surface area contributed by atoms with E-state index in [0.717, 1.165) is 38.4 Å². The van der Waals surface area contributed by atoms with Gasteiger partial charge < -0.3 is 15.4 Å². The van der Waals surface area contributed by atoms with Gasteiger partial charge in [-0.2, -0.15) is 0 Å². The number of carbonyl (C=O) groups excluding carboxylic acids is 3. The van der Waals surface area contributed by atoms with Crippen molar-refractivity contribution in [3.63, 3.8) is 0 Å². The fourth-order valence-electron chi connectivity index (χ4n) is 3.72. The van der Waals surface area contributed by atoms with Crippen LogP contribution < -0.4 is 10.6 Å². The van der Waals surface area contributed by atoms with Crippen LogP contribution in [0.3, 0.4) is 0 Å². The van der Waals surface area contributed by atoms with Crippen molar-refractivity contribution < 1.29 is 19.1 Å². The minimum Gasteiger partial charge on any atom is -0.379 e. The molecule has 2 N–H and O–H groups in total. The Morgan fingerprint density at radius 1 is 0.969 bits per heavy atom. The van der Waals surface area contributed by atoms with Gasteiger partial charge in [0.05, 0.1) is 13.2 Å². The highest BCUT2D eigenvalue weighted by molar-refractivity contribution is 6.49. The normalized spacial score (nSPS) is 16.7. The molecule has 8 heteroatoms. The minimum absolute atomic E-state index is 0.0975. The number of nitrogens with zero attached hydrogens (tertiary/aromatic N) is 1. The third-order valence-corrected chi connectivity index (χ3v) is 5.93. The lowest BCUT2D eigenvalue weighted by Gasteiger charge is -2.26. The maximum atomic E-state index is 12.7. The lowest BCUT2D eigenvalue weighted by molar-refractivity contribution is 0.0383. The molecule has 2 aromatic carbocycles. The summed E-state index contributed by atoms with van der Waals surface area (Å²) in [6.45, 7) is 4.91. The number of ketones is 2. The largest absolute Gasteiger partial charge is 0.379 e. The molecule has 1 fully saturated rings. The maximum absolute atomic E-state index is 12.7. The van der Waals surface area contributed by atoms with Crippen LogP contribution in [0.1, 0.15) is 36.6 Å². The molecular formula is C24H24ClN3O4. The fourth-order valence-corrected chi connectivity index (χ4v) is 3.98. The Balaban J connectivity index is 1.32. The fraction of sp³-hybridized carbons (Fsp3) is 0.292. The number of morpholine rings is 1. The number of nitrogens with one attached hydrogen (secondary N) is 2. The van der Waals surface area contributed by atoms with Crippen LogP contribution in [0.15, 0.2) is 59.3 Å². The molecule has 1 saturated heterocycles. The molecule has 0 radical (unpaired) electrons. The Morgan fingerprint density at radius 3 is 2.31 bits per heavy atom. The number of halogens is 1. The third-order valence-electron chi connectivity index (χ3n) is 5.56. The van der Waals surface area contributed by atoms with E-state index in [1.807, 2.05) is 0 Å². The number of rotatable bonds is 7. The summed E-state index contributed by atoms with van der Waals surface area (Å²) in [5, 5.41) is 5.81. The molecule has 0 atom stereocenters. The SMILES string of the molecule is O=C(NCCN1CCOCC1)c1ccc(CNC2=C(Cl)C(=O)c3ccccc3C2=O)cc1. The lowest BCUT2D eigenvalue weighted by atomic mass is 9.92. The Labute approximate surface area is 191 Å². The van der Waals surface area contributed by atoms with Crippen molar-refractivity contribution in [2.75, 3.05) is 39.4 Å². The van der Waals surface area contributed by atoms with Crippen LogP contribution in [0.4, 0.5) is 0 Å². The van der Waals surface area contributed by atoms with Crippen LogP contribution in [-0.2, 0) is 11.3 Å². The van der Waals surface area contributed by atoms with Crippen molar-refractivity contribution in [2.45, 2.75) is 6.54 Å². The Morgan fingerprint density at radius 2 is 1.62 bits per heavy atom. The quantitative estimate of drug-likeness (QED) is 0.669. The van der Waals surface area contributed by atoms with E-state index in [1.54, 1.807) is 48.5 Å². The highest BCUT2D eigenvalue weighted by Gasteiger charge is 2.30. The van der Waals surface area contributed by atoms with Gasteiger partial charge in [0.2, 0.25) is 11.6 Å². The standard InChI is InChI=1S/C24H24ClN3O4/c25-20-21(23(30)19-4-2-1-3-18(19)22(20)29)27-15-16-5-7-17(8-6-16)24(31)26-9-10-28-11-13-32-14-12-28/h1-8,27H,9-15H2,(H,26,31). The van der Waals surface area contributed by atoms with E-state index in [1.165, 1.54) is 0 Å². The summed E-state index contributed by atoms with van der Waals surface area (Å²) in [6, 6.07) is 13.7. The average Bonchev–Trinajstić information content (AvgIpc) is 2.83. The molecule has 0 aromatic heterocycles. The second kappa shape index (κ2) is 10.1. The molecule has 0 unspecified atom stereocenters. The molecule has 1 aliphatic carbocycles. The number of carbonyl (C=O) groups is 3. The number of hydrogen-bond donors (Lipinski definition) is 2. The zero-order chi connectivity index (χ0) is 22.5. The number of amides is 1. The van der Waals surface area contributed by atoms with Gasteiger partial charge in [0.15, 0.2) is 0 Å². The minimum atomic E-state index is -0.367. The number of benzene rings is 2. The molecule has 2 aliphatic rings. The highest BCUT2D eigenvalue weighted by atomic mass is 35.5. The van der Waals surface area contributed by atoms with Crippen LogP contribution >= 0.6 is 11.6 Å². The summed E-state index contributed by atoms with van der Waals surface area (Å²) in [6.07, 6.45) is 0. The smallest absolute Gasteiger partial charge is 0.251 e. The van der Waals surface area contributed by atoms with Gasteiger partial charge in [-0.1, -0.05) is 48.0 Å². The van der Waals surface area contributed by atoms with Gasteiger partial charge in [-0.05, 0) is 17.7 Å². The zero-order valence-electron chi connectivity index (χ0n) is 17.5. The van der Waals surface area contributed by atoms with Gasteiger partial charge in [-0.3, -0.25) is 19.3 Å². The summed E-state index contributed by atoms with van der Waals surface area (Å²) in [5.74, 6) is -0.803. The molecule has 7 nitrogen and oxygen atoms in total. The predicted octanol–water partition coefficient (Wildman–Crippen LogP) is 2.37. The third kappa shape index (κ3) is 4.91. The topological polar surface area (TPSA) is 87.7 Å². The van der Waals surface area contributed by atoms with Crippen molar-refractivity contribution in [1.29, 1.82) is 0 Å². The van der Waals surface area contributed by atoms with E-state index >= 15 is 0 Å². The molecule has 0 bridgehead atoms. The molecule has 1 amide bonds. The van der Waals surface area contributed by atoms with Gasteiger partial charge >= 0.3 is 0 Å². The molecule has 1 heterocycles. The van der Waals surface area contributed by atoms with Gasteiger partial charge in [-0.25, -0.2) is 0 Å². The monoisotopic (exact) mass is 453 g/mol. The number of allylic oxidation sites excluding steroid dienone is 2. The Kier molecular flexibility index (Phi) is 6.99. The Hall–Kier alpha value is -3.00. The van der Waals surface area contributed by atoms with Gasteiger partial charge in [0, 0.05) is 49.4 Å². The second-order valence-corrected chi connectivity index (χ2v) is 8.03. The Bertz CT molecular complexity index is 1060. The first-order valence-electron chi connectivity index (χ1n) is 10.5. The van der Waals surface area contributed by atoms with Crippen LogP contribution in [0.5, 0.6) is 0 Å². The first kappa shape index (κ1) is 22.2. The summed E-state index contributed by atoms with van der Waals surface area (Å²) in [5.41, 5.74) is 2.17. The van der Waals surface area contributed by atoms with Crippen molar-refractivity contribution in [3.05, 3.63) is 81.5 Å². The molecule has 4 rings (SSSR count). The number of ether oxygens (including phenoxy) is 1. The van der Waals surface area contributed by atoms with Crippen molar-refractivity contribution in [2.24, 2.45) is 0 Å². The second-order valence-electron chi connectivity index (χ2n) is 7.65. The van der Waals surface area contributed by atoms with E-state index in [9.17, 15) is 14.4 Å². The van der Waals surface area contributed by atoms with Crippen molar-refractivity contribution in [3.8, 4) is 0 Å². The maximum Gasteiger partial charge on any atom is 0.251 e. The molecule has 166 valence electrons. The summed E-state index contributed by atoms with van der Waals surface area (Å²) in [4.78, 5) is 39.8. The summed E-state index contributed by atoms with van der Waals surface area (Å²) >= 11 is 6.18. The molecule has 0 spiro atoms. The van der Waals surface area contributed by atoms with Gasteiger partial charge in [0.25, 0.3) is 5.91 Å². The summed E-state index contributed by atoms with van der Waals surface area (Å²) in [7, 11) is 0. The van der Waals surface area contributed by atoms with Crippen LogP contribution in [0.2, 0.25) is 0 Å². The molecule has 32 heavy (non-hydrogen) atoms. The van der Waals surface area contributed by atoms with E-state index in [-0.39, 0.29) is 28.2 Å². The number of Topliss-reactive ketones (excluding diaryl/α,β-unsaturated/α-hetero) is 2. The van der Waals surface area contributed by atoms with Crippen LogP contribution in [0, 0.1) is 0 Å². The highest BCUT2D eigenvalue weighted by Crippen LogP contribution is 2.27. The zero-order valence-corrected chi connectivity index (χ0v) is 18.3. The summed E-state index contributed by atoms with van der Waals surface area (Å²) < 4.78 is 5.32.